The van der Waals surface area contributed by atoms with Gasteiger partial charge in [0.05, 0.1) is 19.8 Å². The van der Waals surface area contributed by atoms with E-state index in [0.717, 1.165) is 74.0 Å². The third kappa shape index (κ3) is 33.3. The van der Waals surface area contributed by atoms with Gasteiger partial charge < -0.3 is 64.7 Å². The Morgan fingerprint density at radius 1 is 0.402 bits per heavy atom. The van der Waals surface area contributed by atoms with E-state index in [1.54, 1.807) is 0 Å². The summed E-state index contributed by atoms with van der Waals surface area (Å²) in [4.78, 5) is 11.1. The third-order valence-electron chi connectivity index (χ3n) is 18.2. The van der Waals surface area contributed by atoms with Crippen LogP contribution in [0, 0.1) is 59.2 Å². The van der Waals surface area contributed by atoms with Crippen LogP contribution < -0.4 is 0 Å². The highest BCUT2D eigenvalue weighted by Gasteiger charge is 2.55. The van der Waals surface area contributed by atoms with Gasteiger partial charge in [-0.05, 0) is 72.0 Å². The Morgan fingerprint density at radius 3 is 1.10 bits per heavy atom. The Morgan fingerprint density at radius 2 is 0.732 bits per heavy atom. The maximum atomic E-state index is 13.7. The normalized spacial score (nSPS) is 28.6. The summed E-state index contributed by atoms with van der Waals surface area (Å²) in [6.45, 7) is 27.7. The van der Waals surface area contributed by atoms with Gasteiger partial charge >= 0.3 is 7.82 Å². The van der Waals surface area contributed by atoms with Gasteiger partial charge in [-0.3, -0.25) is 9.05 Å². The van der Waals surface area contributed by atoms with Crippen LogP contribution in [0.15, 0.2) is 0 Å². The van der Waals surface area contributed by atoms with Crippen molar-refractivity contribution in [1.82, 2.24) is 0 Å². The fourth-order valence-corrected chi connectivity index (χ4v) is 13.0. The lowest BCUT2D eigenvalue weighted by Gasteiger charge is -2.47. The quantitative estimate of drug-likeness (QED) is 0.0203. The highest BCUT2D eigenvalue weighted by Crippen LogP contribution is 2.48. The molecule has 1 heterocycles. The Labute approximate surface area is 499 Å². The second-order valence-electron chi connectivity index (χ2n) is 27.8. The van der Waals surface area contributed by atoms with Gasteiger partial charge in [0.1, 0.15) is 67.1 Å². The van der Waals surface area contributed by atoms with Crippen molar-refractivity contribution in [2.45, 2.75) is 323 Å². The van der Waals surface area contributed by atoms with E-state index in [0.29, 0.717) is 36.9 Å². The van der Waals surface area contributed by atoms with Gasteiger partial charge in [0.15, 0.2) is 6.29 Å². The molecule has 0 spiro atoms. The van der Waals surface area contributed by atoms with Gasteiger partial charge in [-0.25, -0.2) is 4.57 Å². The van der Waals surface area contributed by atoms with Crippen LogP contribution in [0.2, 0.25) is 0 Å². The Kier molecular flexibility index (Phi) is 41.1. The second-order valence-corrected chi connectivity index (χ2v) is 29.2. The van der Waals surface area contributed by atoms with E-state index in [-0.39, 0.29) is 6.61 Å². The van der Waals surface area contributed by atoms with Crippen molar-refractivity contribution in [2.24, 2.45) is 59.2 Å². The first-order valence-electron chi connectivity index (χ1n) is 33.3. The predicted molar refractivity (Wildman–Crippen MR) is 327 cm³/mol. The molecule has 1 saturated carbocycles. The zero-order valence-corrected chi connectivity index (χ0v) is 54.8. The summed E-state index contributed by atoms with van der Waals surface area (Å²) < 4.78 is 47.9. The van der Waals surface area contributed by atoms with E-state index in [2.05, 4.69) is 83.1 Å². The van der Waals surface area contributed by atoms with E-state index in [1.165, 1.54) is 128 Å². The molecule has 0 amide bonds. The molecule has 0 aromatic heterocycles. The Hall–Kier alpha value is -0.370. The van der Waals surface area contributed by atoms with E-state index >= 15 is 0 Å². The lowest BCUT2D eigenvalue weighted by molar-refractivity contribution is -0.338. The summed E-state index contributed by atoms with van der Waals surface area (Å²) in [6, 6.07) is 0. The Balaban J connectivity index is 1.92. The van der Waals surface area contributed by atoms with Crippen LogP contribution >= 0.6 is 7.82 Å². The van der Waals surface area contributed by atoms with Crippen LogP contribution in [0.5, 0.6) is 0 Å². The van der Waals surface area contributed by atoms with E-state index in [1.807, 2.05) is 0 Å². The number of hydrogen-bond acceptors (Lipinski definition) is 15. The van der Waals surface area contributed by atoms with E-state index < -0.39 is 94.5 Å². The lowest BCUT2D eigenvalue weighted by atomic mass is 9.84. The fourth-order valence-electron chi connectivity index (χ4n) is 12.0. The van der Waals surface area contributed by atoms with Crippen LogP contribution in [-0.4, -0.2) is 152 Å². The third-order valence-corrected chi connectivity index (χ3v) is 19.2. The molecular formula is C65H129O16P. The molecular weight excluding hydrogens is 1070 g/mol. The van der Waals surface area contributed by atoms with Crippen molar-refractivity contribution >= 4 is 7.82 Å². The van der Waals surface area contributed by atoms with Crippen molar-refractivity contribution in [3.05, 3.63) is 0 Å². The molecule has 21 unspecified atom stereocenters. The molecule has 0 bridgehead atoms. The van der Waals surface area contributed by atoms with Gasteiger partial charge in [0.2, 0.25) is 0 Å². The first-order valence-corrected chi connectivity index (χ1v) is 34.8. The summed E-state index contributed by atoms with van der Waals surface area (Å²) >= 11 is 0. The largest absolute Gasteiger partial charge is 0.472 e. The highest BCUT2D eigenvalue weighted by atomic mass is 31.2. The SMILES string of the molecule is CC(C)CCCC(C)CCCC(C)CCCC(C)CCCC(C)CCOCC(COP(=O)(O)OC1C(O)C(O)C(O)C(O)C1OC1OC(CO)C(O)C(O)C1O)OCCC(C)CCCC(C)CCCC(C)CCCC(C)CCCC(C)C. The summed E-state index contributed by atoms with van der Waals surface area (Å²) in [5.74, 6) is 6.98. The molecule has 9 N–H and O–H groups in total. The van der Waals surface area contributed by atoms with Crippen molar-refractivity contribution in [1.29, 1.82) is 0 Å². The lowest BCUT2D eigenvalue weighted by Crippen LogP contribution is -2.67. The van der Waals surface area contributed by atoms with Gasteiger partial charge in [-0.2, -0.15) is 0 Å². The zero-order valence-electron chi connectivity index (χ0n) is 54.0. The van der Waals surface area contributed by atoms with Crippen LogP contribution in [0.3, 0.4) is 0 Å². The minimum Gasteiger partial charge on any atom is -0.394 e. The molecule has 0 aromatic carbocycles. The van der Waals surface area contributed by atoms with Crippen LogP contribution in [-0.2, 0) is 32.6 Å². The molecule has 0 radical (unpaired) electrons. The number of ether oxygens (including phenoxy) is 4. The van der Waals surface area contributed by atoms with Crippen molar-refractivity contribution in [3.63, 3.8) is 0 Å². The smallest absolute Gasteiger partial charge is 0.394 e. The van der Waals surface area contributed by atoms with Crippen molar-refractivity contribution < 1.29 is 78.3 Å². The molecule has 2 rings (SSSR count). The Bertz CT molecular complexity index is 1600. The molecule has 490 valence electrons. The molecule has 82 heavy (non-hydrogen) atoms. The maximum Gasteiger partial charge on any atom is 0.472 e. The van der Waals surface area contributed by atoms with Gasteiger partial charge in [-0.15, -0.1) is 0 Å². The molecule has 1 aliphatic carbocycles. The van der Waals surface area contributed by atoms with E-state index in [4.69, 9.17) is 28.0 Å². The van der Waals surface area contributed by atoms with Crippen molar-refractivity contribution in [2.75, 3.05) is 33.0 Å². The molecule has 17 heteroatoms. The second kappa shape index (κ2) is 43.3. The number of aliphatic hydroxyl groups is 8. The summed E-state index contributed by atoms with van der Waals surface area (Å²) in [5.41, 5.74) is 0. The molecule has 1 saturated heterocycles. The molecule has 2 fully saturated rings. The standard InChI is InChI=1S/C65H129O16P/c1-44(2)21-13-23-46(5)25-15-27-48(7)29-17-31-50(9)33-19-35-52(11)37-39-76-42-54(77-40-38-53(12)36-20-34-51(10)32-18-30-49(8)28-16-26-47(6)24-14-22-45(3)4)43-78-82(74,75)81-64-61(72)59(70)58(69)60(71)63(64)80-65-62(73)57(68)56(67)55(41-66)79-65/h44-73H,13-43H2,1-12H3,(H,74,75). The maximum absolute atomic E-state index is 13.7. The highest BCUT2D eigenvalue weighted by molar-refractivity contribution is 7.47. The van der Waals surface area contributed by atoms with Crippen LogP contribution in [0.1, 0.15) is 250 Å². The van der Waals surface area contributed by atoms with Crippen LogP contribution in [0.4, 0.5) is 0 Å². The fraction of sp³-hybridized carbons (Fsp3) is 1.00. The van der Waals surface area contributed by atoms with E-state index in [9.17, 15) is 50.3 Å². The first kappa shape index (κ1) is 77.7. The molecule has 16 nitrogen and oxygen atoms in total. The van der Waals surface area contributed by atoms with Crippen LogP contribution in [0.25, 0.3) is 0 Å². The zero-order chi connectivity index (χ0) is 61.4. The average molecular weight is 1200 g/mol. The first-order chi connectivity index (χ1) is 38.7. The molecule has 1 aliphatic heterocycles. The number of phosphoric acid groups is 1. The predicted octanol–water partition coefficient (Wildman–Crippen LogP) is 12.1. The molecule has 0 aromatic rings. The minimum absolute atomic E-state index is 0.0557. The number of phosphoric ester groups is 1. The van der Waals surface area contributed by atoms with Gasteiger partial charge in [0, 0.05) is 13.2 Å². The number of rotatable bonds is 49. The topological polar surface area (TPSA) is 255 Å². The monoisotopic (exact) mass is 1200 g/mol. The molecule has 21 atom stereocenters. The summed E-state index contributed by atoms with van der Waals surface area (Å²) in [6.07, 6.45) is 10.1. The summed E-state index contributed by atoms with van der Waals surface area (Å²) in [5, 5.41) is 84.0. The summed E-state index contributed by atoms with van der Waals surface area (Å²) in [7, 11) is -5.19. The average Bonchev–Trinajstić information content (AvgIpc) is 3.60. The van der Waals surface area contributed by atoms with Crippen molar-refractivity contribution in [3.8, 4) is 0 Å². The number of hydrogen-bond donors (Lipinski definition) is 9. The number of aliphatic hydroxyl groups excluding tert-OH is 8. The minimum atomic E-state index is -5.19. The van der Waals surface area contributed by atoms with Gasteiger partial charge in [-0.1, -0.05) is 237 Å². The van der Waals surface area contributed by atoms with Gasteiger partial charge in [0.25, 0.3) is 0 Å². The molecule has 2 aliphatic rings.